The second-order valence-electron chi connectivity index (χ2n) is 5.63. The van der Waals surface area contributed by atoms with Gasteiger partial charge in [-0.05, 0) is 49.9 Å². The number of amides is 1. The average molecular weight is 339 g/mol. The number of thiophene rings is 1. The fourth-order valence-corrected chi connectivity index (χ4v) is 4.06. The summed E-state index contributed by atoms with van der Waals surface area (Å²) in [5.74, 6) is 0.213. The number of carbonyl (C=O) groups excluding carboxylic acids is 1. The number of fused-ring (bicyclic) bond motifs is 1. The lowest BCUT2D eigenvalue weighted by Crippen LogP contribution is -2.46. The van der Waals surface area contributed by atoms with Gasteiger partial charge in [0.05, 0.1) is 4.88 Å². The third-order valence-corrected chi connectivity index (χ3v) is 5.22. The molecule has 1 saturated heterocycles. The van der Waals surface area contributed by atoms with Crippen LogP contribution in [0.3, 0.4) is 0 Å². The number of hydrogen-bond donors (Lipinski definition) is 1. The molecule has 0 atom stereocenters. The van der Waals surface area contributed by atoms with Gasteiger partial charge in [-0.1, -0.05) is 25.1 Å². The summed E-state index contributed by atoms with van der Waals surface area (Å²) in [6.45, 7) is 5.04. The van der Waals surface area contributed by atoms with E-state index >= 15 is 0 Å². The number of nitrogens with one attached hydrogen (secondary N) is 1. The van der Waals surface area contributed by atoms with Crippen molar-refractivity contribution in [2.75, 3.05) is 19.6 Å². The summed E-state index contributed by atoms with van der Waals surface area (Å²) in [6.07, 6.45) is 3.15. The van der Waals surface area contributed by atoms with Crippen molar-refractivity contribution in [2.24, 2.45) is 0 Å². The van der Waals surface area contributed by atoms with Gasteiger partial charge in [0.1, 0.15) is 0 Å². The zero-order valence-electron chi connectivity index (χ0n) is 12.9. The number of carbonyl (C=O) groups is 1. The molecule has 1 aliphatic heterocycles. The van der Waals surface area contributed by atoms with E-state index in [1.54, 1.807) is 11.3 Å². The molecule has 5 heteroatoms. The highest BCUT2D eigenvalue weighted by Crippen LogP contribution is 2.27. The molecule has 1 N–H and O–H groups in total. The lowest BCUT2D eigenvalue weighted by atomic mass is 10.0. The van der Waals surface area contributed by atoms with E-state index < -0.39 is 0 Å². The predicted octanol–water partition coefficient (Wildman–Crippen LogP) is 3.93. The van der Waals surface area contributed by atoms with Crippen LogP contribution in [0.2, 0.25) is 0 Å². The van der Waals surface area contributed by atoms with E-state index in [2.05, 4.69) is 29.3 Å². The molecular weight excluding hydrogens is 316 g/mol. The van der Waals surface area contributed by atoms with Crippen molar-refractivity contribution >= 4 is 39.7 Å². The Kier molecular flexibility index (Phi) is 6.24. The Morgan fingerprint density at radius 2 is 2.05 bits per heavy atom. The monoisotopic (exact) mass is 338 g/mol. The van der Waals surface area contributed by atoms with Crippen molar-refractivity contribution in [1.29, 1.82) is 0 Å². The third kappa shape index (κ3) is 3.62. The van der Waals surface area contributed by atoms with E-state index in [9.17, 15) is 4.79 Å². The molecule has 1 aliphatic rings. The van der Waals surface area contributed by atoms with Gasteiger partial charge in [-0.25, -0.2) is 0 Å². The molecule has 1 amide bonds. The summed E-state index contributed by atoms with van der Waals surface area (Å²) in [4.78, 5) is 15.9. The van der Waals surface area contributed by atoms with Crippen molar-refractivity contribution in [1.82, 2.24) is 10.2 Å². The first-order valence-corrected chi connectivity index (χ1v) is 8.61. The fraction of sp³-hybridized carbons (Fsp3) is 0.471. The Balaban J connectivity index is 0.00000176. The number of nitrogens with zero attached hydrogens (tertiary/aromatic N) is 1. The smallest absolute Gasteiger partial charge is 0.264 e. The van der Waals surface area contributed by atoms with Crippen LogP contribution in [0.1, 0.15) is 35.9 Å². The molecule has 0 spiro atoms. The number of halogens is 1. The molecule has 2 heterocycles. The van der Waals surface area contributed by atoms with Crippen molar-refractivity contribution in [3.8, 4) is 0 Å². The highest BCUT2D eigenvalue weighted by Gasteiger charge is 2.26. The van der Waals surface area contributed by atoms with Crippen LogP contribution in [-0.2, 0) is 0 Å². The average Bonchev–Trinajstić information content (AvgIpc) is 2.97. The molecular formula is C17H23ClN2OS. The summed E-state index contributed by atoms with van der Waals surface area (Å²) in [7, 11) is 0. The highest BCUT2D eigenvalue weighted by atomic mass is 35.5. The molecule has 2 aromatic rings. The van der Waals surface area contributed by atoms with Gasteiger partial charge in [-0.3, -0.25) is 4.79 Å². The maximum Gasteiger partial charge on any atom is 0.264 e. The molecule has 120 valence electrons. The van der Waals surface area contributed by atoms with Crippen LogP contribution >= 0.6 is 23.7 Å². The van der Waals surface area contributed by atoms with Crippen molar-refractivity contribution in [3.05, 3.63) is 35.2 Å². The van der Waals surface area contributed by atoms with E-state index in [0.29, 0.717) is 6.04 Å². The van der Waals surface area contributed by atoms with Crippen LogP contribution < -0.4 is 5.32 Å². The summed E-state index contributed by atoms with van der Waals surface area (Å²) >= 11 is 1.62. The molecule has 0 saturated carbocycles. The topological polar surface area (TPSA) is 32.3 Å². The first-order chi connectivity index (χ1) is 10.3. The van der Waals surface area contributed by atoms with Crippen LogP contribution in [0.25, 0.3) is 10.1 Å². The van der Waals surface area contributed by atoms with Gasteiger partial charge in [0, 0.05) is 17.3 Å². The number of hydrogen-bond acceptors (Lipinski definition) is 3. The zero-order valence-corrected chi connectivity index (χ0v) is 14.5. The van der Waals surface area contributed by atoms with E-state index in [4.69, 9.17) is 0 Å². The Hall–Kier alpha value is -1.10. The van der Waals surface area contributed by atoms with E-state index in [1.165, 1.54) is 10.1 Å². The molecule has 0 bridgehead atoms. The van der Waals surface area contributed by atoms with Crippen LogP contribution in [0.5, 0.6) is 0 Å². The standard InChI is InChI=1S/C17H22N2OS.ClH/c1-2-11-19(14-7-9-18-10-8-14)17(20)16-12-13-5-3-4-6-15(13)21-16;/h3-6,12,14,18H,2,7-11H2,1H3;1H. The summed E-state index contributed by atoms with van der Waals surface area (Å²) in [5.41, 5.74) is 0. The van der Waals surface area contributed by atoms with E-state index in [-0.39, 0.29) is 18.3 Å². The maximum atomic E-state index is 12.9. The summed E-state index contributed by atoms with van der Waals surface area (Å²) in [5, 5.41) is 4.55. The minimum Gasteiger partial charge on any atom is -0.335 e. The number of rotatable bonds is 4. The van der Waals surface area contributed by atoms with Crippen LogP contribution in [0, 0.1) is 0 Å². The Bertz CT molecular complexity index is 589. The summed E-state index contributed by atoms with van der Waals surface area (Å²) in [6, 6.07) is 10.7. The van der Waals surface area contributed by atoms with Gasteiger partial charge < -0.3 is 10.2 Å². The third-order valence-electron chi connectivity index (χ3n) is 4.11. The molecule has 0 aliphatic carbocycles. The van der Waals surface area contributed by atoms with Gasteiger partial charge in [-0.2, -0.15) is 0 Å². The van der Waals surface area contributed by atoms with Crippen LogP contribution in [0.4, 0.5) is 0 Å². The Morgan fingerprint density at radius 3 is 2.73 bits per heavy atom. The largest absolute Gasteiger partial charge is 0.335 e. The molecule has 1 fully saturated rings. The van der Waals surface area contributed by atoms with E-state index in [0.717, 1.165) is 43.8 Å². The minimum atomic E-state index is 0. The quantitative estimate of drug-likeness (QED) is 0.916. The van der Waals surface area contributed by atoms with Gasteiger partial charge in [0.2, 0.25) is 0 Å². The Labute approximate surface area is 142 Å². The number of piperidine rings is 1. The van der Waals surface area contributed by atoms with Gasteiger partial charge >= 0.3 is 0 Å². The van der Waals surface area contributed by atoms with Crippen molar-refractivity contribution < 1.29 is 4.79 Å². The first kappa shape index (κ1) is 17.3. The fourth-order valence-electron chi connectivity index (χ4n) is 3.04. The second-order valence-corrected chi connectivity index (χ2v) is 6.71. The zero-order chi connectivity index (χ0) is 14.7. The lowest BCUT2D eigenvalue weighted by Gasteiger charge is -2.34. The molecule has 0 radical (unpaired) electrons. The Morgan fingerprint density at radius 1 is 1.32 bits per heavy atom. The molecule has 3 nitrogen and oxygen atoms in total. The predicted molar refractivity (Wildman–Crippen MR) is 96.3 cm³/mol. The SMILES string of the molecule is CCCN(C(=O)c1cc2ccccc2s1)C1CCNCC1.Cl. The highest BCUT2D eigenvalue weighted by molar-refractivity contribution is 7.20. The van der Waals surface area contributed by atoms with Crippen molar-refractivity contribution in [3.63, 3.8) is 0 Å². The van der Waals surface area contributed by atoms with Crippen LogP contribution in [-0.4, -0.2) is 36.5 Å². The molecule has 0 unspecified atom stereocenters. The molecule has 3 rings (SSSR count). The second kappa shape index (κ2) is 7.95. The van der Waals surface area contributed by atoms with Gasteiger partial charge in [0.15, 0.2) is 0 Å². The minimum absolute atomic E-state index is 0. The summed E-state index contributed by atoms with van der Waals surface area (Å²) < 4.78 is 1.20. The van der Waals surface area contributed by atoms with Gasteiger partial charge in [0.25, 0.3) is 5.91 Å². The first-order valence-electron chi connectivity index (χ1n) is 7.80. The number of benzene rings is 1. The van der Waals surface area contributed by atoms with Crippen LogP contribution in [0.15, 0.2) is 30.3 Å². The lowest BCUT2D eigenvalue weighted by molar-refractivity contribution is 0.0648. The molecule has 22 heavy (non-hydrogen) atoms. The normalized spacial score (nSPS) is 15.5. The molecule has 1 aromatic heterocycles. The molecule has 1 aromatic carbocycles. The van der Waals surface area contributed by atoms with Gasteiger partial charge in [-0.15, -0.1) is 23.7 Å². The van der Waals surface area contributed by atoms with E-state index in [1.807, 2.05) is 18.2 Å². The maximum absolute atomic E-state index is 12.9. The van der Waals surface area contributed by atoms with Crippen molar-refractivity contribution in [2.45, 2.75) is 32.2 Å².